The molecule has 128 valence electrons. The molecule has 2 aromatic rings. The maximum Gasteiger partial charge on any atom is 0.404 e. The fourth-order valence-electron chi connectivity index (χ4n) is 1.98. The molecule has 0 spiro atoms. The highest BCUT2D eigenvalue weighted by Gasteiger charge is 2.14. The van der Waals surface area contributed by atoms with Gasteiger partial charge in [0.15, 0.2) is 0 Å². The second-order valence-electron chi connectivity index (χ2n) is 5.56. The van der Waals surface area contributed by atoms with E-state index in [1.54, 1.807) is 43.3 Å². The molecule has 2 N–H and O–H groups in total. The van der Waals surface area contributed by atoms with Crippen LogP contribution in [0.1, 0.15) is 13.8 Å². The third-order valence-electron chi connectivity index (χ3n) is 3.57. The van der Waals surface area contributed by atoms with E-state index < -0.39 is 6.09 Å². The quantitative estimate of drug-likeness (QED) is 0.793. The number of ether oxygens (including phenoxy) is 2. The Kier molecular flexibility index (Phi) is 6.01. The molecule has 0 aromatic heterocycles. The van der Waals surface area contributed by atoms with Gasteiger partial charge in [0.05, 0.1) is 6.61 Å². The zero-order valence-electron chi connectivity index (χ0n) is 13.5. The lowest BCUT2D eigenvalue weighted by molar-refractivity contribution is 0.177. The first-order chi connectivity index (χ1) is 11.4. The molecule has 2 atom stereocenters. The summed E-state index contributed by atoms with van der Waals surface area (Å²) in [6.07, 6.45) is -1.05. The van der Waals surface area contributed by atoms with Crippen LogP contribution in [0.25, 0.3) is 0 Å². The van der Waals surface area contributed by atoms with Gasteiger partial charge in [-0.2, -0.15) is 0 Å². The molecule has 0 saturated heterocycles. The topological polar surface area (TPSA) is 67.8 Å². The van der Waals surface area contributed by atoms with Crippen molar-refractivity contribution in [2.24, 2.45) is 5.92 Å². The van der Waals surface area contributed by atoms with Gasteiger partial charge in [-0.25, -0.2) is 9.18 Å². The minimum absolute atomic E-state index is 0.0179. The molecule has 6 heteroatoms. The van der Waals surface area contributed by atoms with Crippen LogP contribution in [0.3, 0.4) is 0 Å². The van der Waals surface area contributed by atoms with Crippen molar-refractivity contribution in [2.75, 3.05) is 6.61 Å². The van der Waals surface area contributed by atoms with E-state index in [9.17, 15) is 9.18 Å². The van der Waals surface area contributed by atoms with Crippen molar-refractivity contribution in [3.8, 4) is 17.2 Å². The summed E-state index contributed by atoms with van der Waals surface area (Å²) < 4.78 is 24.3. The summed E-state index contributed by atoms with van der Waals surface area (Å²) in [5, 5.41) is 11.1. The maximum absolute atomic E-state index is 13.1. The number of nitrogens with one attached hydrogen (secondary N) is 1. The van der Waals surface area contributed by atoms with Crippen LogP contribution in [0.2, 0.25) is 0 Å². The Morgan fingerprint density at radius 2 is 1.79 bits per heavy atom. The van der Waals surface area contributed by atoms with Crippen LogP contribution in [0.15, 0.2) is 48.5 Å². The number of carboxylic acid groups (broad SMARTS) is 1. The van der Waals surface area contributed by atoms with Crippen LogP contribution in [-0.2, 0) is 0 Å². The van der Waals surface area contributed by atoms with Crippen molar-refractivity contribution in [1.82, 2.24) is 5.32 Å². The van der Waals surface area contributed by atoms with Gasteiger partial charge < -0.3 is 19.9 Å². The van der Waals surface area contributed by atoms with Gasteiger partial charge in [-0.1, -0.05) is 13.0 Å². The van der Waals surface area contributed by atoms with Crippen LogP contribution in [0.4, 0.5) is 9.18 Å². The Morgan fingerprint density at radius 1 is 1.12 bits per heavy atom. The predicted molar refractivity (Wildman–Crippen MR) is 88.2 cm³/mol. The van der Waals surface area contributed by atoms with Gasteiger partial charge in [0.25, 0.3) is 0 Å². The van der Waals surface area contributed by atoms with Crippen molar-refractivity contribution in [2.45, 2.75) is 19.9 Å². The van der Waals surface area contributed by atoms with E-state index >= 15 is 0 Å². The van der Waals surface area contributed by atoms with E-state index in [-0.39, 0.29) is 17.8 Å². The largest absolute Gasteiger partial charge is 0.493 e. The Bertz CT molecular complexity index is 675. The lowest BCUT2D eigenvalue weighted by Gasteiger charge is -2.20. The molecule has 0 saturated carbocycles. The fourth-order valence-corrected chi connectivity index (χ4v) is 1.98. The normalized spacial score (nSPS) is 13.0. The molecule has 0 heterocycles. The van der Waals surface area contributed by atoms with E-state index in [0.717, 1.165) is 0 Å². The highest BCUT2D eigenvalue weighted by molar-refractivity contribution is 5.64. The van der Waals surface area contributed by atoms with Crippen molar-refractivity contribution in [1.29, 1.82) is 0 Å². The molecule has 1 amide bonds. The van der Waals surface area contributed by atoms with Crippen molar-refractivity contribution in [3.63, 3.8) is 0 Å². The second kappa shape index (κ2) is 8.19. The monoisotopic (exact) mass is 333 g/mol. The summed E-state index contributed by atoms with van der Waals surface area (Å²) in [7, 11) is 0. The van der Waals surface area contributed by atoms with Crippen LogP contribution in [0.5, 0.6) is 17.2 Å². The lowest BCUT2D eigenvalue weighted by Crippen LogP contribution is -2.38. The van der Waals surface area contributed by atoms with Gasteiger partial charge in [-0.05, 0) is 43.3 Å². The summed E-state index contributed by atoms with van der Waals surface area (Å²) in [5.74, 6) is 1.30. The summed E-state index contributed by atoms with van der Waals surface area (Å²) in [6, 6.07) is 12.6. The predicted octanol–water partition coefficient (Wildman–Crippen LogP) is 4.29. The average Bonchev–Trinajstić information content (AvgIpc) is 2.53. The lowest BCUT2D eigenvalue weighted by atomic mass is 10.1. The third-order valence-corrected chi connectivity index (χ3v) is 3.57. The van der Waals surface area contributed by atoms with E-state index in [1.165, 1.54) is 12.1 Å². The number of rotatable bonds is 7. The van der Waals surface area contributed by atoms with Gasteiger partial charge >= 0.3 is 6.09 Å². The smallest absolute Gasteiger partial charge is 0.404 e. The first-order valence-electron chi connectivity index (χ1n) is 7.60. The van der Waals surface area contributed by atoms with Gasteiger partial charge in [-0.3, -0.25) is 0 Å². The molecule has 0 radical (unpaired) electrons. The number of carbonyl (C=O) groups is 1. The fraction of sp³-hybridized carbons (Fsp3) is 0.278. The minimum atomic E-state index is -1.05. The van der Waals surface area contributed by atoms with E-state index in [4.69, 9.17) is 14.6 Å². The SMILES string of the molecule is CC(COc1ccc(Oc2cccc(F)c2)cc1)C(C)NC(=O)O. The highest BCUT2D eigenvalue weighted by atomic mass is 19.1. The Balaban J connectivity index is 1.87. The zero-order valence-corrected chi connectivity index (χ0v) is 13.5. The van der Waals surface area contributed by atoms with Crippen LogP contribution in [-0.4, -0.2) is 23.8 Å². The molecule has 0 bridgehead atoms. The van der Waals surface area contributed by atoms with E-state index in [0.29, 0.717) is 23.9 Å². The van der Waals surface area contributed by atoms with Gasteiger partial charge in [-0.15, -0.1) is 0 Å². The van der Waals surface area contributed by atoms with Gasteiger partial charge in [0, 0.05) is 18.0 Å². The number of benzene rings is 2. The molecule has 0 aliphatic carbocycles. The van der Waals surface area contributed by atoms with Crippen LogP contribution in [0, 0.1) is 11.7 Å². The Hall–Kier alpha value is -2.76. The molecular formula is C18H20FNO4. The molecule has 5 nitrogen and oxygen atoms in total. The Morgan fingerprint density at radius 3 is 2.42 bits per heavy atom. The van der Waals surface area contributed by atoms with Crippen LogP contribution >= 0.6 is 0 Å². The molecule has 2 aromatic carbocycles. The van der Waals surface area contributed by atoms with Crippen molar-refractivity contribution >= 4 is 6.09 Å². The first kappa shape index (κ1) is 17.6. The molecule has 24 heavy (non-hydrogen) atoms. The van der Waals surface area contributed by atoms with Crippen molar-refractivity contribution < 1.29 is 23.8 Å². The molecule has 2 unspecified atom stereocenters. The maximum atomic E-state index is 13.1. The summed E-state index contributed by atoms with van der Waals surface area (Å²) in [6.45, 7) is 4.08. The highest BCUT2D eigenvalue weighted by Crippen LogP contribution is 2.24. The molecule has 2 rings (SSSR count). The first-order valence-corrected chi connectivity index (χ1v) is 7.60. The van der Waals surface area contributed by atoms with Crippen molar-refractivity contribution in [3.05, 3.63) is 54.3 Å². The molecular weight excluding hydrogens is 313 g/mol. The van der Waals surface area contributed by atoms with Crippen LogP contribution < -0.4 is 14.8 Å². The van der Waals surface area contributed by atoms with E-state index in [2.05, 4.69) is 5.32 Å². The van der Waals surface area contributed by atoms with Gasteiger partial charge in [0.1, 0.15) is 23.1 Å². The van der Waals surface area contributed by atoms with E-state index in [1.807, 2.05) is 6.92 Å². The zero-order chi connectivity index (χ0) is 17.5. The average molecular weight is 333 g/mol. The third kappa shape index (κ3) is 5.46. The summed E-state index contributed by atoms with van der Waals surface area (Å²) >= 11 is 0. The number of hydrogen-bond acceptors (Lipinski definition) is 3. The summed E-state index contributed by atoms with van der Waals surface area (Å²) in [4.78, 5) is 10.6. The number of hydrogen-bond donors (Lipinski definition) is 2. The standard InChI is InChI=1S/C18H20FNO4/c1-12(13(2)20-18(21)22)11-23-15-6-8-16(9-7-15)24-17-5-3-4-14(19)10-17/h3-10,12-13,20H,11H2,1-2H3,(H,21,22). The summed E-state index contributed by atoms with van der Waals surface area (Å²) in [5.41, 5.74) is 0. The molecule has 0 aliphatic heterocycles. The number of halogens is 1. The Labute approximate surface area is 140 Å². The van der Waals surface area contributed by atoms with Gasteiger partial charge in [0.2, 0.25) is 0 Å². The number of amides is 1. The minimum Gasteiger partial charge on any atom is -0.493 e. The molecule has 0 fully saturated rings. The second-order valence-corrected chi connectivity index (χ2v) is 5.56. The molecule has 0 aliphatic rings.